The van der Waals surface area contributed by atoms with Gasteiger partial charge in [0.1, 0.15) is 11.6 Å². The first-order chi connectivity index (χ1) is 23.0. The third kappa shape index (κ3) is 5.34. The van der Waals surface area contributed by atoms with Gasteiger partial charge in [0.05, 0.1) is 0 Å². The predicted octanol–water partition coefficient (Wildman–Crippen LogP) is 12.1. The third-order valence-electron chi connectivity index (χ3n) is 8.96. The SMILES string of the molecule is Cn1c2ccc(-c3ccccc3)cc2c2cc(-c3ccc(N(c4ccc(F)cc4)c4ccc(-c5ccc(F)cc5)cc4)cc3)ccc21. The lowest BCUT2D eigenvalue weighted by atomic mass is 10.00. The fourth-order valence-electron chi connectivity index (χ4n) is 6.49. The Hall–Kier alpha value is -6.00. The third-order valence-corrected chi connectivity index (χ3v) is 8.96. The minimum Gasteiger partial charge on any atom is -0.344 e. The smallest absolute Gasteiger partial charge is 0.123 e. The molecule has 0 N–H and O–H groups in total. The number of hydrogen-bond donors (Lipinski definition) is 0. The van der Waals surface area contributed by atoms with Gasteiger partial charge in [0.15, 0.2) is 0 Å². The summed E-state index contributed by atoms with van der Waals surface area (Å²) < 4.78 is 29.7. The fraction of sp³-hybridized carbons (Fsp3) is 0.0233. The van der Waals surface area contributed by atoms with Crippen LogP contribution < -0.4 is 4.90 Å². The zero-order chi connectivity index (χ0) is 31.9. The molecule has 0 aliphatic carbocycles. The van der Waals surface area contributed by atoms with Gasteiger partial charge in [0, 0.05) is 45.9 Å². The summed E-state index contributed by atoms with van der Waals surface area (Å²) >= 11 is 0. The minimum absolute atomic E-state index is 0.259. The van der Waals surface area contributed by atoms with Crippen LogP contribution in [-0.2, 0) is 7.05 Å². The normalized spacial score (nSPS) is 11.3. The largest absolute Gasteiger partial charge is 0.344 e. The van der Waals surface area contributed by atoms with Crippen LogP contribution in [0.4, 0.5) is 25.8 Å². The van der Waals surface area contributed by atoms with Gasteiger partial charge in [-0.15, -0.1) is 0 Å². The molecular weight excluding hydrogens is 582 g/mol. The number of rotatable bonds is 6. The van der Waals surface area contributed by atoms with Crippen molar-refractivity contribution in [1.29, 1.82) is 0 Å². The Kier molecular flexibility index (Phi) is 7.11. The summed E-state index contributed by atoms with van der Waals surface area (Å²) in [4.78, 5) is 2.11. The molecular formula is C43H30F2N2. The summed E-state index contributed by atoms with van der Waals surface area (Å²) in [6.45, 7) is 0. The first kappa shape index (κ1) is 28.5. The van der Waals surface area contributed by atoms with Crippen LogP contribution in [0.15, 0.2) is 164 Å². The van der Waals surface area contributed by atoms with Crippen molar-refractivity contribution >= 4 is 38.9 Å². The molecule has 4 heteroatoms. The highest BCUT2D eigenvalue weighted by atomic mass is 19.1. The van der Waals surface area contributed by atoms with Gasteiger partial charge in [0.25, 0.3) is 0 Å². The van der Waals surface area contributed by atoms with Gasteiger partial charge in [-0.05, 0) is 118 Å². The molecule has 1 aromatic heterocycles. The molecule has 226 valence electrons. The molecule has 8 aromatic rings. The van der Waals surface area contributed by atoms with Crippen molar-refractivity contribution in [3.63, 3.8) is 0 Å². The van der Waals surface area contributed by atoms with Crippen molar-refractivity contribution in [2.75, 3.05) is 4.90 Å². The van der Waals surface area contributed by atoms with Crippen LogP contribution >= 0.6 is 0 Å². The van der Waals surface area contributed by atoms with Gasteiger partial charge in [0.2, 0.25) is 0 Å². The lowest BCUT2D eigenvalue weighted by molar-refractivity contribution is 0.627. The first-order valence-corrected chi connectivity index (χ1v) is 15.6. The van der Waals surface area contributed by atoms with E-state index in [1.165, 1.54) is 57.2 Å². The molecule has 0 saturated carbocycles. The summed E-state index contributed by atoms with van der Waals surface area (Å²) in [5, 5.41) is 2.45. The molecule has 0 amide bonds. The molecule has 0 bridgehead atoms. The first-order valence-electron chi connectivity index (χ1n) is 15.6. The maximum atomic E-state index is 13.9. The zero-order valence-electron chi connectivity index (χ0n) is 25.7. The summed E-state index contributed by atoms with van der Waals surface area (Å²) in [6.07, 6.45) is 0. The molecule has 0 aliphatic rings. The average molecular weight is 613 g/mol. The number of fused-ring (bicyclic) bond motifs is 3. The van der Waals surface area contributed by atoms with Crippen LogP contribution in [0.2, 0.25) is 0 Å². The van der Waals surface area contributed by atoms with Crippen molar-refractivity contribution < 1.29 is 8.78 Å². The highest BCUT2D eigenvalue weighted by Gasteiger charge is 2.15. The Labute approximate surface area is 272 Å². The average Bonchev–Trinajstić information content (AvgIpc) is 3.40. The monoisotopic (exact) mass is 612 g/mol. The van der Waals surface area contributed by atoms with Gasteiger partial charge in [-0.1, -0.05) is 78.9 Å². The van der Waals surface area contributed by atoms with Gasteiger partial charge in [-0.3, -0.25) is 0 Å². The molecule has 8 rings (SSSR count). The van der Waals surface area contributed by atoms with Crippen LogP contribution in [0.3, 0.4) is 0 Å². The Morgan fingerprint density at radius 2 is 0.723 bits per heavy atom. The van der Waals surface area contributed by atoms with E-state index >= 15 is 0 Å². The lowest BCUT2D eigenvalue weighted by Crippen LogP contribution is -2.09. The molecule has 0 atom stereocenters. The maximum absolute atomic E-state index is 13.9. The Balaban J connectivity index is 1.16. The number of benzene rings is 7. The number of nitrogens with zero attached hydrogens (tertiary/aromatic N) is 2. The summed E-state index contributed by atoms with van der Waals surface area (Å²) in [5.41, 5.74) is 11.7. The van der Waals surface area contributed by atoms with Gasteiger partial charge in [-0.25, -0.2) is 8.78 Å². The van der Waals surface area contributed by atoms with Crippen LogP contribution in [0.25, 0.3) is 55.2 Å². The van der Waals surface area contributed by atoms with Crippen molar-refractivity contribution in [3.8, 4) is 33.4 Å². The van der Waals surface area contributed by atoms with Crippen molar-refractivity contribution in [2.24, 2.45) is 7.05 Å². The minimum atomic E-state index is -0.282. The van der Waals surface area contributed by atoms with Crippen molar-refractivity contribution in [2.45, 2.75) is 0 Å². The second-order valence-corrected chi connectivity index (χ2v) is 11.8. The Morgan fingerprint density at radius 1 is 0.383 bits per heavy atom. The quantitative estimate of drug-likeness (QED) is 0.181. The highest BCUT2D eigenvalue weighted by molar-refractivity contribution is 6.10. The van der Waals surface area contributed by atoms with Crippen LogP contribution in [0.1, 0.15) is 0 Å². The molecule has 47 heavy (non-hydrogen) atoms. The van der Waals surface area contributed by atoms with Crippen LogP contribution in [0, 0.1) is 11.6 Å². The van der Waals surface area contributed by atoms with E-state index in [1.807, 2.05) is 30.3 Å². The molecule has 0 aliphatic heterocycles. The summed E-state index contributed by atoms with van der Waals surface area (Å²) in [7, 11) is 2.12. The van der Waals surface area contributed by atoms with Crippen molar-refractivity contribution in [3.05, 3.63) is 175 Å². The van der Waals surface area contributed by atoms with E-state index in [0.717, 1.165) is 39.3 Å². The number of hydrogen-bond acceptors (Lipinski definition) is 1. The van der Waals surface area contributed by atoms with Gasteiger partial charge in [-0.2, -0.15) is 0 Å². The van der Waals surface area contributed by atoms with E-state index in [-0.39, 0.29) is 11.6 Å². The standard InChI is InChI=1S/C43H30F2N2/c1-46-42-25-13-33(29-5-3-2-4-6-29)27-40(42)41-28-34(14-26-43(41)46)32-11-21-38(22-12-32)47(39-23-17-36(45)18-24-39)37-19-9-31(10-20-37)30-7-15-35(44)16-8-30/h2-28H,1H3. The highest BCUT2D eigenvalue weighted by Crippen LogP contribution is 2.38. The zero-order valence-corrected chi connectivity index (χ0v) is 25.7. The maximum Gasteiger partial charge on any atom is 0.123 e. The van der Waals surface area contributed by atoms with E-state index in [9.17, 15) is 8.78 Å². The Bertz CT molecular complexity index is 2340. The number of aryl methyl sites for hydroxylation is 1. The Morgan fingerprint density at radius 3 is 1.19 bits per heavy atom. The second-order valence-electron chi connectivity index (χ2n) is 11.8. The topological polar surface area (TPSA) is 8.17 Å². The van der Waals surface area contributed by atoms with Crippen LogP contribution in [0.5, 0.6) is 0 Å². The molecule has 0 spiro atoms. The molecule has 1 heterocycles. The molecule has 7 aromatic carbocycles. The van der Waals surface area contributed by atoms with E-state index in [0.29, 0.717) is 0 Å². The molecule has 0 saturated heterocycles. The molecule has 0 fully saturated rings. The second kappa shape index (κ2) is 11.7. The molecule has 0 radical (unpaired) electrons. The van der Waals surface area contributed by atoms with E-state index in [2.05, 4.69) is 101 Å². The van der Waals surface area contributed by atoms with E-state index in [4.69, 9.17) is 0 Å². The molecule has 0 unspecified atom stereocenters. The molecule has 2 nitrogen and oxygen atoms in total. The lowest BCUT2D eigenvalue weighted by Gasteiger charge is -2.26. The van der Waals surface area contributed by atoms with E-state index in [1.54, 1.807) is 24.3 Å². The van der Waals surface area contributed by atoms with Crippen LogP contribution in [-0.4, -0.2) is 4.57 Å². The van der Waals surface area contributed by atoms with Crippen molar-refractivity contribution in [1.82, 2.24) is 4.57 Å². The number of aromatic nitrogens is 1. The van der Waals surface area contributed by atoms with E-state index < -0.39 is 0 Å². The number of halogens is 2. The fourth-order valence-corrected chi connectivity index (χ4v) is 6.49. The summed E-state index contributed by atoms with van der Waals surface area (Å²) in [5.74, 6) is -0.541. The number of anilines is 3. The summed E-state index contributed by atoms with van der Waals surface area (Å²) in [6, 6.07) is 53.5. The van der Waals surface area contributed by atoms with Gasteiger partial charge >= 0.3 is 0 Å². The predicted molar refractivity (Wildman–Crippen MR) is 191 cm³/mol. The van der Waals surface area contributed by atoms with Gasteiger partial charge < -0.3 is 9.47 Å².